The van der Waals surface area contributed by atoms with Gasteiger partial charge in [0.15, 0.2) is 0 Å². The van der Waals surface area contributed by atoms with E-state index in [4.69, 9.17) is 10.5 Å². The third-order valence-electron chi connectivity index (χ3n) is 7.43. The maximum atomic E-state index is 14.0. The molecule has 0 spiro atoms. The van der Waals surface area contributed by atoms with Crippen molar-refractivity contribution in [1.29, 1.82) is 0 Å². The minimum Gasteiger partial charge on any atom is -0.382 e. The van der Waals surface area contributed by atoms with Crippen molar-refractivity contribution in [3.05, 3.63) is 76.5 Å². The van der Waals surface area contributed by atoms with Crippen LogP contribution >= 0.6 is 0 Å². The molecule has 13 heteroatoms. The number of benzene rings is 1. The highest BCUT2D eigenvalue weighted by Gasteiger charge is 2.37. The zero-order valence-electron chi connectivity index (χ0n) is 20.5. The van der Waals surface area contributed by atoms with E-state index in [-0.39, 0.29) is 54.6 Å². The molecular formula is C26H21F5N6O2. The molecule has 1 aliphatic carbocycles. The Morgan fingerprint density at radius 3 is 2.62 bits per heavy atom. The first-order valence-electron chi connectivity index (χ1n) is 12.0. The van der Waals surface area contributed by atoms with Crippen LogP contribution in [0.5, 0.6) is 0 Å². The molecule has 1 aromatic carbocycles. The summed E-state index contributed by atoms with van der Waals surface area (Å²) >= 11 is 0. The quantitative estimate of drug-likeness (QED) is 0.354. The fourth-order valence-corrected chi connectivity index (χ4v) is 5.27. The highest BCUT2D eigenvalue weighted by Crippen LogP contribution is 2.46. The molecular weight excluding hydrogens is 523 g/mol. The van der Waals surface area contributed by atoms with Crippen molar-refractivity contribution < 1.29 is 31.5 Å². The summed E-state index contributed by atoms with van der Waals surface area (Å²) in [6.07, 6.45) is -3.07. The third kappa shape index (κ3) is 4.17. The van der Waals surface area contributed by atoms with E-state index < -0.39 is 29.9 Å². The molecule has 2 aliphatic rings. The molecule has 1 amide bonds. The normalized spacial score (nSPS) is 19.2. The van der Waals surface area contributed by atoms with E-state index >= 15 is 0 Å². The van der Waals surface area contributed by atoms with Crippen LogP contribution in [0.3, 0.4) is 0 Å². The molecule has 1 unspecified atom stereocenters. The maximum absolute atomic E-state index is 14.0. The molecule has 0 saturated heterocycles. The number of nitrogen functional groups attached to an aromatic ring is 1. The van der Waals surface area contributed by atoms with Crippen molar-refractivity contribution >= 4 is 28.3 Å². The summed E-state index contributed by atoms with van der Waals surface area (Å²) in [6, 6.07) is 4.81. The molecule has 0 bridgehead atoms. The van der Waals surface area contributed by atoms with E-state index in [0.717, 1.165) is 6.07 Å². The smallest absolute Gasteiger partial charge is 0.382 e. The maximum Gasteiger partial charge on any atom is 0.433 e. The zero-order chi connectivity index (χ0) is 27.6. The van der Waals surface area contributed by atoms with Gasteiger partial charge in [-0.15, -0.1) is 0 Å². The summed E-state index contributed by atoms with van der Waals surface area (Å²) in [6.45, 7) is -0.0604. The summed E-state index contributed by atoms with van der Waals surface area (Å²) < 4.78 is 73.1. The largest absolute Gasteiger partial charge is 0.433 e. The number of pyridine rings is 1. The number of carbonyl (C=O) groups is 1. The molecule has 8 nitrogen and oxygen atoms in total. The monoisotopic (exact) mass is 544 g/mol. The average molecular weight is 544 g/mol. The molecule has 6 rings (SSSR count). The molecule has 3 aromatic heterocycles. The number of fused-ring (bicyclic) bond motifs is 4. The van der Waals surface area contributed by atoms with Crippen molar-refractivity contribution in [3.63, 3.8) is 0 Å². The number of aromatic nitrogens is 4. The predicted molar refractivity (Wildman–Crippen MR) is 130 cm³/mol. The van der Waals surface area contributed by atoms with Crippen LogP contribution in [0, 0.1) is 0 Å². The van der Waals surface area contributed by atoms with Gasteiger partial charge in [0, 0.05) is 18.2 Å². The fraction of sp³-hybridized carbons (Fsp3) is 0.308. The Bertz CT molecular complexity index is 1670. The number of carbonyl (C=O) groups excluding carboxylic acids is 1. The fourth-order valence-electron chi connectivity index (χ4n) is 5.27. The van der Waals surface area contributed by atoms with Crippen LogP contribution in [0.2, 0.25) is 0 Å². The van der Waals surface area contributed by atoms with Crippen molar-refractivity contribution in [2.45, 2.75) is 37.6 Å². The highest BCUT2D eigenvalue weighted by atomic mass is 19.4. The number of hydrogen-bond donors (Lipinski definition) is 1. The Labute approximate surface area is 217 Å². The van der Waals surface area contributed by atoms with E-state index in [1.54, 1.807) is 16.5 Å². The molecule has 1 aliphatic heterocycles. The molecule has 1 fully saturated rings. The minimum atomic E-state index is -4.62. The van der Waals surface area contributed by atoms with Gasteiger partial charge in [0.25, 0.3) is 12.0 Å². The summed E-state index contributed by atoms with van der Waals surface area (Å²) in [5.41, 5.74) is 7.99. The van der Waals surface area contributed by atoms with Gasteiger partial charge in [0.1, 0.15) is 17.0 Å². The number of likely N-dealkylation sites (N-methyl/N-ethyl adjacent to an activating group) is 1. The lowest BCUT2D eigenvalue weighted by molar-refractivity contribution is -0.141. The van der Waals surface area contributed by atoms with Gasteiger partial charge in [-0.2, -0.15) is 22.0 Å². The van der Waals surface area contributed by atoms with E-state index in [9.17, 15) is 26.7 Å². The second kappa shape index (κ2) is 8.97. The number of hydrogen-bond acceptors (Lipinski definition) is 6. The van der Waals surface area contributed by atoms with Crippen molar-refractivity contribution in [2.75, 3.05) is 19.4 Å². The van der Waals surface area contributed by atoms with E-state index in [1.807, 2.05) is 0 Å². The molecule has 4 heterocycles. The Hall–Kier alpha value is -4.13. The molecule has 2 N–H and O–H groups in total. The van der Waals surface area contributed by atoms with Crippen molar-refractivity contribution in [1.82, 2.24) is 24.3 Å². The number of allylic oxidation sites excluding steroid dienone is 1. The first-order chi connectivity index (χ1) is 18.5. The van der Waals surface area contributed by atoms with Crippen LogP contribution in [0.25, 0.3) is 16.6 Å². The van der Waals surface area contributed by atoms with Gasteiger partial charge in [-0.3, -0.25) is 9.20 Å². The molecule has 1 saturated carbocycles. The highest BCUT2D eigenvalue weighted by molar-refractivity contribution is 6.00. The van der Waals surface area contributed by atoms with Crippen LogP contribution in [0.1, 0.15) is 57.7 Å². The van der Waals surface area contributed by atoms with Gasteiger partial charge >= 0.3 is 6.18 Å². The number of halogens is 5. The predicted octanol–water partition coefficient (Wildman–Crippen LogP) is 5.25. The van der Waals surface area contributed by atoms with Gasteiger partial charge in [-0.05, 0) is 48.1 Å². The summed E-state index contributed by atoms with van der Waals surface area (Å²) in [5, 5.41) is 0. The summed E-state index contributed by atoms with van der Waals surface area (Å²) in [7, 11) is 1.53. The Balaban J connectivity index is 1.44. The molecule has 39 heavy (non-hydrogen) atoms. The van der Waals surface area contributed by atoms with Crippen LogP contribution in [-0.4, -0.2) is 43.8 Å². The minimum absolute atomic E-state index is 0.0329. The van der Waals surface area contributed by atoms with Crippen LogP contribution in [0.4, 0.5) is 27.8 Å². The Kier molecular flexibility index (Phi) is 5.79. The van der Waals surface area contributed by atoms with Crippen LogP contribution in [0.15, 0.2) is 48.4 Å². The second-order valence-electron chi connectivity index (χ2n) is 9.72. The SMILES string of the molecule is CN(C(=O)c1cc2c(cc1C1CC(=C(F)F)C1)nc(N)c1cncn12)C1COCc2nc(C(F)(F)F)ccc21. The number of nitrogens with two attached hydrogens (primary N) is 1. The number of amides is 1. The van der Waals surface area contributed by atoms with E-state index in [1.165, 1.54) is 30.5 Å². The lowest BCUT2D eigenvalue weighted by Crippen LogP contribution is -2.37. The first-order valence-corrected chi connectivity index (χ1v) is 12.0. The van der Waals surface area contributed by atoms with Crippen LogP contribution in [-0.2, 0) is 17.5 Å². The number of ether oxygens (including phenoxy) is 1. The average Bonchev–Trinajstić information content (AvgIpc) is 3.36. The van der Waals surface area contributed by atoms with Gasteiger partial charge in [-0.1, -0.05) is 6.07 Å². The molecule has 202 valence electrons. The van der Waals surface area contributed by atoms with E-state index in [2.05, 4.69) is 15.0 Å². The Morgan fingerprint density at radius 1 is 1.13 bits per heavy atom. The number of anilines is 1. The van der Waals surface area contributed by atoms with Gasteiger partial charge in [0.05, 0.1) is 48.5 Å². The summed E-state index contributed by atoms with van der Waals surface area (Å²) in [5.74, 6) is -0.560. The second-order valence-corrected chi connectivity index (χ2v) is 9.72. The molecule has 1 atom stereocenters. The van der Waals surface area contributed by atoms with Gasteiger partial charge in [0.2, 0.25) is 0 Å². The standard InChI is InChI=1S/C26H21F5N6O2/c1-36(21-10-39-9-18-14(21)2-3-22(34-18)26(29,30)31)25(38)16-7-19-17(35-24(32)20-8-33-11-37(19)20)6-15(16)12-4-13(5-12)23(27)28/h2-3,6-8,11-12,21H,4-5,9-10H2,1H3,(H2,32,35). The van der Waals surface area contributed by atoms with Gasteiger partial charge < -0.3 is 15.4 Å². The number of rotatable bonds is 3. The molecule has 0 radical (unpaired) electrons. The lowest BCUT2D eigenvalue weighted by atomic mass is 9.74. The number of alkyl halides is 3. The lowest BCUT2D eigenvalue weighted by Gasteiger charge is -2.35. The molecule has 4 aromatic rings. The van der Waals surface area contributed by atoms with Crippen LogP contribution < -0.4 is 5.73 Å². The first kappa shape index (κ1) is 25.2. The Morgan fingerprint density at radius 2 is 1.90 bits per heavy atom. The number of imidazole rings is 1. The van der Waals surface area contributed by atoms with Crippen molar-refractivity contribution in [3.8, 4) is 0 Å². The topological polar surface area (TPSA) is 98.6 Å². The van der Waals surface area contributed by atoms with Gasteiger partial charge in [-0.25, -0.2) is 15.0 Å². The zero-order valence-corrected chi connectivity index (χ0v) is 20.5. The number of nitrogens with zero attached hydrogens (tertiary/aromatic N) is 5. The van der Waals surface area contributed by atoms with Crippen molar-refractivity contribution in [2.24, 2.45) is 0 Å². The van der Waals surface area contributed by atoms with E-state index in [0.29, 0.717) is 27.7 Å². The third-order valence-corrected chi connectivity index (χ3v) is 7.43. The summed E-state index contributed by atoms with van der Waals surface area (Å²) in [4.78, 5) is 27.6.